The van der Waals surface area contributed by atoms with Gasteiger partial charge in [0.1, 0.15) is 0 Å². The SMILES string of the molecule is CC(=O)c1ccccc1NC(=O)COC(=O)c1ccc(Br)c(S(=O)(=O)N(C)C)c1. The van der Waals surface area contributed by atoms with Crippen molar-refractivity contribution in [1.82, 2.24) is 4.31 Å². The number of Topliss-reactive ketones (excluding diaryl/α,β-unsaturated/α-hetero) is 1. The summed E-state index contributed by atoms with van der Waals surface area (Å²) in [6.07, 6.45) is 0. The van der Waals surface area contributed by atoms with Gasteiger partial charge >= 0.3 is 5.97 Å². The van der Waals surface area contributed by atoms with Crippen molar-refractivity contribution in [2.24, 2.45) is 0 Å². The van der Waals surface area contributed by atoms with E-state index in [4.69, 9.17) is 4.74 Å². The zero-order chi connectivity index (χ0) is 21.8. The molecule has 10 heteroatoms. The van der Waals surface area contributed by atoms with Gasteiger partial charge < -0.3 is 10.1 Å². The van der Waals surface area contributed by atoms with Crippen LogP contribution in [0.25, 0.3) is 0 Å². The first-order valence-corrected chi connectivity index (χ1v) is 10.6. The van der Waals surface area contributed by atoms with Crippen LogP contribution >= 0.6 is 15.9 Å². The standard InChI is InChI=1S/C19H19BrN2O6S/c1-12(23)14-6-4-5-7-16(14)21-18(24)11-28-19(25)13-8-9-15(20)17(10-13)29(26,27)22(2)3/h4-10H,11H2,1-3H3,(H,21,24). The molecular formula is C19H19BrN2O6S. The predicted octanol–water partition coefficient (Wildman–Crippen LogP) is 2.70. The number of esters is 1. The average molecular weight is 483 g/mol. The first-order valence-electron chi connectivity index (χ1n) is 8.33. The molecule has 2 aromatic carbocycles. The lowest BCUT2D eigenvalue weighted by atomic mass is 10.1. The van der Waals surface area contributed by atoms with Gasteiger partial charge in [0.05, 0.1) is 16.1 Å². The number of para-hydroxylation sites is 1. The lowest BCUT2D eigenvalue weighted by Gasteiger charge is -2.14. The Labute approximate surface area is 177 Å². The number of carbonyl (C=O) groups excluding carboxylic acids is 3. The Hall–Kier alpha value is -2.56. The summed E-state index contributed by atoms with van der Waals surface area (Å²) in [4.78, 5) is 35.8. The number of carbonyl (C=O) groups is 3. The molecule has 0 aliphatic rings. The average Bonchev–Trinajstić information content (AvgIpc) is 2.66. The number of hydrogen-bond donors (Lipinski definition) is 1. The van der Waals surface area contributed by atoms with E-state index in [0.717, 1.165) is 4.31 Å². The van der Waals surface area contributed by atoms with Gasteiger partial charge in [-0.15, -0.1) is 0 Å². The largest absolute Gasteiger partial charge is 0.452 e. The summed E-state index contributed by atoms with van der Waals surface area (Å²) in [6, 6.07) is 10.4. The summed E-state index contributed by atoms with van der Waals surface area (Å²) in [5, 5.41) is 2.51. The van der Waals surface area contributed by atoms with Gasteiger partial charge in [-0.25, -0.2) is 17.5 Å². The van der Waals surface area contributed by atoms with Crippen LogP contribution in [0.4, 0.5) is 5.69 Å². The highest BCUT2D eigenvalue weighted by Gasteiger charge is 2.23. The van der Waals surface area contributed by atoms with Crippen LogP contribution in [0, 0.1) is 0 Å². The van der Waals surface area contributed by atoms with E-state index >= 15 is 0 Å². The van der Waals surface area contributed by atoms with Crippen LogP contribution in [0.3, 0.4) is 0 Å². The van der Waals surface area contributed by atoms with Crippen LogP contribution in [0.1, 0.15) is 27.6 Å². The van der Waals surface area contributed by atoms with Crippen LogP contribution in [0.5, 0.6) is 0 Å². The van der Waals surface area contributed by atoms with Gasteiger partial charge in [0.25, 0.3) is 5.91 Å². The Morgan fingerprint density at radius 2 is 1.76 bits per heavy atom. The molecule has 0 atom stereocenters. The van der Waals surface area contributed by atoms with Gasteiger partial charge in [-0.05, 0) is 53.2 Å². The number of ether oxygens (including phenoxy) is 1. The third-order valence-corrected chi connectivity index (χ3v) is 6.65. The van der Waals surface area contributed by atoms with Gasteiger partial charge in [0, 0.05) is 24.1 Å². The molecule has 29 heavy (non-hydrogen) atoms. The summed E-state index contributed by atoms with van der Waals surface area (Å²) in [5.41, 5.74) is 0.619. The number of benzene rings is 2. The molecule has 0 bridgehead atoms. The van der Waals surface area contributed by atoms with Crippen molar-refractivity contribution >= 4 is 49.3 Å². The number of rotatable bonds is 7. The van der Waals surface area contributed by atoms with Crippen molar-refractivity contribution in [2.75, 3.05) is 26.0 Å². The fourth-order valence-corrected chi connectivity index (χ4v) is 4.17. The third kappa shape index (κ3) is 5.49. The molecule has 0 aliphatic carbocycles. The maximum Gasteiger partial charge on any atom is 0.338 e. The number of nitrogens with zero attached hydrogens (tertiary/aromatic N) is 1. The quantitative estimate of drug-likeness (QED) is 0.479. The minimum absolute atomic E-state index is 0.0226. The second-order valence-corrected chi connectivity index (χ2v) is 9.13. The van der Waals surface area contributed by atoms with E-state index in [0.29, 0.717) is 15.7 Å². The smallest absolute Gasteiger partial charge is 0.338 e. The Bertz CT molecular complexity index is 1070. The molecule has 1 N–H and O–H groups in total. The number of amides is 1. The minimum atomic E-state index is -3.78. The van der Waals surface area contributed by atoms with E-state index in [-0.39, 0.29) is 16.2 Å². The monoisotopic (exact) mass is 482 g/mol. The molecule has 0 aromatic heterocycles. The van der Waals surface area contributed by atoms with Gasteiger partial charge in [-0.2, -0.15) is 0 Å². The van der Waals surface area contributed by atoms with Gasteiger partial charge in [-0.1, -0.05) is 12.1 Å². The Morgan fingerprint density at radius 1 is 1.10 bits per heavy atom. The molecular weight excluding hydrogens is 464 g/mol. The summed E-state index contributed by atoms with van der Waals surface area (Å²) >= 11 is 3.15. The predicted molar refractivity (Wildman–Crippen MR) is 110 cm³/mol. The number of sulfonamides is 1. The van der Waals surface area contributed by atoms with Gasteiger partial charge in [0.15, 0.2) is 12.4 Å². The van der Waals surface area contributed by atoms with Crippen LogP contribution in [0.15, 0.2) is 51.8 Å². The van der Waals surface area contributed by atoms with E-state index in [1.807, 2.05) is 0 Å². The highest BCUT2D eigenvalue weighted by molar-refractivity contribution is 9.10. The fourth-order valence-electron chi connectivity index (χ4n) is 2.32. The molecule has 154 valence electrons. The normalized spacial score (nSPS) is 11.2. The number of halogens is 1. The number of nitrogens with one attached hydrogen (secondary N) is 1. The van der Waals surface area contributed by atoms with Crippen LogP contribution in [0.2, 0.25) is 0 Å². The summed E-state index contributed by atoms with van der Waals surface area (Å²) < 4.78 is 31.0. The molecule has 8 nitrogen and oxygen atoms in total. The van der Waals surface area contributed by atoms with Crippen molar-refractivity contribution in [3.8, 4) is 0 Å². The van der Waals surface area contributed by atoms with Gasteiger partial charge in [0.2, 0.25) is 10.0 Å². The van der Waals surface area contributed by atoms with E-state index in [9.17, 15) is 22.8 Å². The molecule has 0 unspecified atom stereocenters. The van der Waals surface area contributed by atoms with Crippen molar-refractivity contribution in [3.63, 3.8) is 0 Å². The Kier molecular flexibility index (Phi) is 7.28. The molecule has 0 saturated carbocycles. The van der Waals surface area contributed by atoms with Crippen LogP contribution < -0.4 is 5.32 Å². The third-order valence-electron chi connectivity index (χ3n) is 3.84. The van der Waals surface area contributed by atoms with E-state index < -0.39 is 28.5 Å². The van der Waals surface area contributed by atoms with Gasteiger partial charge in [-0.3, -0.25) is 9.59 Å². The minimum Gasteiger partial charge on any atom is -0.452 e. The maximum atomic E-state index is 12.3. The molecule has 0 saturated heterocycles. The van der Waals surface area contributed by atoms with E-state index in [1.165, 1.54) is 39.2 Å². The molecule has 2 rings (SSSR count). The summed E-state index contributed by atoms with van der Waals surface area (Å²) in [5.74, 6) is -1.71. The lowest BCUT2D eigenvalue weighted by molar-refractivity contribution is -0.119. The molecule has 1 amide bonds. The Balaban J connectivity index is 2.10. The zero-order valence-electron chi connectivity index (χ0n) is 15.9. The van der Waals surface area contributed by atoms with Crippen LogP contribution in [-0.4, -0.2) is 51.1 Å². The zero-order valence-corrected chi connectivity index (χ0v) is 18.3. The van der Waals surface area contributed by atoms with Crippen molar-refractivity contribution < 1.29 is 27.5 Å². The Morgan fingerprint density at radius 3 is 2.38 bits per heavy atom. The molecule has 0 spiro atoms. The maximum absolute atomic E-state index is 12.3. The summed E-state index contributed by atoms with van der Waals surface area (Å²) in [6.45, 7) is 0.773. The van der Waals surface area contributed by atoms with E-state index in [1.54, 1.807) is 24.3 Å². The first-order chi connectivity index (χ1) is 13.5. The van der Waals surface area contributed by atoms with Crippen molar-refractivity contribution in [2.45, 2.75) is 11.8 Å². The van der Waals surface area contributed by atoms with Crippen molar-refractivity contribution in [1.29, 1.82) is 0 Å². The second-order valence-electron chi connectivity index (χ2n) is 6.16. The first kappa shape index (κ1) is 22.7. The molecule has 0 radical (unpaired) electrons. The highest BCUT2D eigenvalue weighted by Crippen LogP contribution is 2.25. The number of hydrogen-bond acceptors (Lipinski definition) is 6. The fraction of sp³-hybridized carbons (Fsp3) is 0.211. The molecule has 0 aliphatic heterocycles. The van der Waals surface area contributed by atoms with Crippen LogP contribution in [-0.2, 0) is 19.6 Å². The van der Waals surface area contributed by atoms with Crippen molar-refractivity contribution in [3.05, 3.63) is 58.1 Å². The topological polar surface area (TPSA) is 110 Å². The number of ketones is 1. The number of anilines is 1. The molecule has 2 aromatic rings. The lowest BCUT2D eigenvalue weighted by Crippen LogP contribution is -2.24. The second kappa shape index (κ2) is 9.29. The summed E-state index contributed by atoms with van der Waals surface area (Å²) in [7, 11) is -1.04. The van der Waals surface area contributed by atoms with E-state index in [2.05, 4.69) is 21.2 Å². The highest BCUT2D eigenvalue weighted by atomic mass is 79.9. The molecule has 0 fully saturated rings. The molecule has 0 heterocycles.